The summed E-state index contributed by atoms with van der Waals surface area (Å²) in [4.78, 5) is 0. The molecule has 1 atom stereocenters. The van der Waals surface area contributed by atoms with E-state index >= 15 is 0 Å². The SMILES string of the molecule is O=S(=O)(C(F)c1ccccc1)C(F)(F)F. The minimum atomic E-state index is -5.80. The van der Waals surface area contributed by atoms with Gasteiger partial charge in [-0.05, 0) is 0 Å². The van der Waals surface area contributed by atoms with Crippen molar-refractivity contribution in [3.8, 4) is 0 Å². The van der Waals surface area contributed by atoms with E-state index in [1.165, 1.54) is 18.2 Å². The van der Waals surface area contributed by atoms with Crippen molar-refractivity contribution >= 4 is 9.84 Å². The lowest BCUT2D eigenvalue weighted by Crippen LogP contribution is -2.27. The molecule has 0 amide bonds. The summed E-state index contributed by atoms with van der Waals surface area (Å²) in [6, 6.07) is 5.92. The van der Waals surface area contributed by atoms with Crippen molar-refractivity contribution in [1.29, 1.82) is 0 Å². The summed E-state index contributed by atoms with van der Waals surface area (Å²) >= 11 is 0. The Hall–Kier alpha value is -1.11. The molecule has 0 aliphatic heterocycles. The van der Waals surface area contributed by atoms with Gasteiger partial charge in [0.1, 0.15) is 0 Å². The van der Waals surface area contributed by atoms with Crippen LogP contribution in [0.3, 0.4) is 0 Å². The molecular formula is C8H6F4O2S. The molecule has 0 N–H and O–H groups in total. The normalized spacial score (nSPS) is 14.9. The van der Waals surface area contributed by atoms with Crippen LogP contribution in [0, 0.1) is 0 Å². The molecule has 1 aromatic carbocycles. The lowest BCUT2D eigenvalue weighted by molar-refractivity contribution is -0.0459. The van der Waals surface area contributed by atoms with Crippen LogP contribution in [0.15, 0.2) is 30.3 Å². The first-order chi connectivity index (χ1) is 6.77. The Kier molecular flexibility index (Phi) is 3.03. The van der Waals surface area contributed by atoms with Crippen molar-refractivity contribution in [2.24, 2.45) is 0 Å². The molecule has 0 aliphatic rings. The van der Waals surface area contributed by atoms with Crippen LogP contribution in [0.2, 0.25) is 0 Å². The van der Waals surface area contributed by atoms with Gasteiger partial charge in [0.05, 0.1) is 0 Å². The van der Waals surface area contributed by atoms with Crippen LogP contribution < -0.4 is 0 Å². The summed E-state index contributed by atoms with van der Waals surface area (Å²) in [5.74, 6) is 0. The maximum absolute atomic E-state index is 13.1. The maximum Gasteiger partial charge on any atom is 0.500 e. The minimum Gasteiger partial charge on any atom is -0.224 e. The predicted molar refractivity (Wildman–Crippen MR) is 45.3 cm³/mol. The lowest BCUT2D eigenvalue weighted by Gasteiger charge is -2.12. The second-order valence-corrected chi connectivity index (χ2v) is 4.68. The van der Waals surface area contributed by atoms with E-state index in [1.54, 1.807) is 0 Å². The molecule has 15 heavy (non-hydrogen) atoms. The quantitative estimate of drug-likeness (QED) is 0.747. The summed E-state index contributed by atoms with van der Waals surface area (Å²) in [6.45, 7) is 0. The average molecular weight is 242 g/mol. The summed E-state index contributed by atoms with van der Waals surface area (Å²) in [5, 5.41) is 0. The van der Waals surface area contributed by atoms with E-state index in [9.17, 15) is 26.0 Å². The standard InChI is InChI=1S/C8H6F4O2S/c9-7(6-4-2-1-3-5-6)15(13,14)8(10,11)12/h1-5,7H. The molecule has 1 rings (SSSR count). The lowest BCUT2D eigenvalue weighted by atomic mass is 10.2. The molecule has 0 spiro atoms. The molecule has 0 saturated heterocycles. The fourth-order valence-electron chi connectivity index (χ4n) is 0.901. The van der Waals surface area contributed by atoms with Crippen molar-refractivity contribution < 1.29 is 26.0 Å². The van der Waals surface area contributed by atoms with E-state index in [0.29, 0.717) is 0 Å². The van der Waals surface area contributed by atoms with Gasteiger partial charge in [-0.3, -0.25) is 0 Å². The van der Waals surface area contributed by atoms with Gasteiger partial charge >= 0.3 is 5.51 Å². The zero-order valence-electron chi connectivity index (χ0n) is 7.20. The monoisotopic (exact) mass is 242 g/mol. The molecule has 1 aromatic rings. The second-order valence-electron chi connectivity index (χ2n) is 2.72. The van der Waals surface area contributed by atoms with Gasteiger partial charge in [-0.2, -0.15) is 13.2 Å². The van der Waals surface area contributed by atoms with E-state index in [4.69, 9.17) is 0 Å². The summed E-state index contributed by atoms with van der Waals surface area (Å²) in [6.07, 6.45) is 0. The van der Waals surface area contributed by atoms with Gasteiger partial charge in [0.2, 0.25) is 5.50 Å². The van der Waals surface area contributed by atoms with Gasteiger partial charge in [-0.1, -0.05) is 30.3 Å². The Labute approximate surface area is 83.4 Å². The fourth-order valence-corrected chi connectivity index (χ4v) is 1.65. The Balaban J connectivity index is 3.12. The van der Waals surface area contributed by atoms with E-state index in [-0.39, 0.29) is 0 Å². The van der Waals surface area contributed by atoms with Crippen LogP contribution in [0.25, 0.3) is 0 Å². The van der Waals surface area contributed by atoms with Crippen LogP contribution in [-0.4, -0.2) is 13.9 Å². The first-order valence-corrected chi connectivity index (χ1v) is 5.30. The zero-order valence-corrected chi connectivity index (χ0v) is 8.02. The van der Waals surface area contributed by atoms with E-state index in [0.717, 1.165) is 12.1 Å². The number of halogens is 4. The predicted octanol–water partition coefficient (Wildman–Crippen LogP) is 2.59. The van der Waals surface area contributed by atoms with Crippen molar-refractivity contribution in [2.75, 3.05) is 0 Å². The highest BCUT2D eigenvalue weighted by molar-refractivity contribution is 7.92. The molecule has 0 saturated carbocycles. The van der Waals surface area contributed by atoms with Gasteiger partial charge in [0, 0.05) is 5.56 Å². The molecule has 0 aliphatic carbocycles. The number of hydrogen-bond donors (Lipinski definition) is 0. The topological polar surface area (TPSA) is 34.1 Å². The van der Waals surface area contributed by atoms with Crippen molar-refractivity contribution in [2.45, 2.75) is 11.0 Å². The van der Waals surface area contributed by atoms with Crippen LogP contribution >= 0.6 is 0 Å². The Morgan fingerprint density at radius 1 is 1.07 bits per heavy atom. The molecule has 7 heteroatoms. The molecule has 0 aromatic heterocycles. The largest absolute Gasteiger partial charge is 0.500 e. The number of sulfone groups is 1. The van der Waals surface area contributed by atoms with Gasteiger partial charge in [-0.25, -0.2) is 12.8 Å². The Morgan fingerprint density at radius 3 is 1.93 bits per heavy atom. The Morgan fingerprint density at radius 2 is 1.53 bits per heavy atom. The third kappa shape index (κ3) is 2.28. The van der Waals surface area contributed by atoms with Crippen molar-refractivity contribution in [3.05, 3.63) is 35.9 Å². The summed E-state index contributed by atoms with van der Waals surface area (Å²) in [7, 11) is -5.80. The molecule has 0 bridgehead atoms. The van der Waals surface area contributed by atoms with Crippen molar-refractivity contribution in [3.63, 3.8) is 0 Å². The number of hydrogen-bond acceptors (Lipinski definition) is 2. The van der Waals surface area contributed by atoms with Crippen LogP contribution in [0.4, 0.5) is 17.6 Å². The molecule has 2 nitrogen and oxygen atoms in total. The minimum absolute atomic E-state index is 0.533. The van der Waals surface area contributed by atoms with Gasteiger partial charge < -0.3 is 0 Å². The number of rotatable bonds is 2. The highest BCUT2D eigenvalue weighted by atomic mass is 32.2. The molecule has 0 radical (unpaired) electrons. The van der Waals surface area contributed by atoms with E-state index in [2.05, 4.69) is 0 Å². The third-order valence-corrected chi connectivity index (χ3v) is 3.12. The Bertz CT molecular complexity index is 424. The van der Waals surface area contributed by atoms with Gasteiger partial charge in [0.25, 0.3) is 9.84 Å². The van der Waals surface area contributed by atoms with Crippen molar-refractivity contribution in [1.82, 2.24) is 0 Å². The summed E-state index contributed by atoms with van der Waals surface area (Å²) < 4.78 is 70.2. The van der Waals surface area contributed by atoms with Crippen LogP contribution in [0.5, 0.6) is 0 Å². The van der Waals surface area contributed by atoms with E-state index < -0.39 is 26.4 Å². The smallest absolute Gasteiger partial charge is 0.224 e. The maximum atomic E-state index is 13.1. The molecule has 84 valence electrons. The number of alkyl halides is 4. The second kappa shape index (κ2) is 3.80. The number of benzene rings is 1. The molecular weight excluding hydrogens is 236 g/mol. The highest BCUT2D eigenvalue weighted by Crippen LogP contribution is 2.36. The van der Waals surface area contributed by atoms with Gasteiger partial charge in [-0.15, -0.1) is 0 Å². The average Bonchev–Trinajstić information content (AvgIpc) is 2.16. The summed E-state index contributed by atoms with van der Waals surface area (Å²) in [5.41, 5.74) is -9.18. The van der Waals surface area contributed by atoms with E-state index in [1.807, 2.05) is 0 Å². The van der Waals surface area contributed by atoms with Crippen LogP contribution in [0.1, 0.15) is 11.1 Å². The highest BCUT2D eigenvalue weighted by Gasteiger charge is 2.51. The molecule has 1 unspecified atom stereocenters. The molecule has 0 fully saturated rings. The third-order valence-electron chi connectivity index (χ3n) is 1.66. The molecule has 0 heterocycles. The van der Waals surface area contributed by atoms with Crippen LogP contribution in [-0.2, 0) is 9.84 Å². The van der Waals surface area contributed by atoms with Gasteiger partial charge in [0.15, 0.2) is 0 Å². The zero-order chi connectivity index (χ0) is 11.7. The first-order valence-electron chi connectivity index (χ1n) is 3.76. The first kappa shape index (κ1) is 12.0. The fraction of sp³-hybridized carbons (Fsp3) is 0.250.